The molecule has 5 aromatic carbocycles. The summed E-state index contributed by atoms with van der Waals surface area (Å²) in [5.74, 6) is -15.8. The highest BCUT2D eigenvalue weighted by molar-refractivity contribution is 6.32. The number of likely N-dealkylation sites (N-methyl/N-ethyl adjacent to an activating group) is 1. The fraction of sp³-hybridized carbons (Fsp3) is 0.356. The van der Waals surface area contributed by atoms with Gasteiger partial charge in [0.2, 0.25) is 53.4 Å². The molecule has 11 bridgehead atoms. The van der Waals surface area contributed by atoms with Gasteiger partial charge in [-0.15, -0.1) is 0 Å². The van der Waals surface area contributed by atoms with Crippen LogP contribution in [-0.4, -0.2) is 167 Å². The molecule has 0 saturated carbocycles. The van der Waals surface area contributed by atoms with Crippen LogP contribution in [-0.2, 0) is 43.1 Å². The molecule has 0 aromatic heterocycles. The molecule has 0 radical (unpaired) electrons. The van der Waals surface area contributed by atoms with Crippen LogP contribution in [0.1, 0.15) is 84.8 Å². The standard InChI is InChI=1S/C59H62Cl2N8O22/c1-20(2)10-30(63-3)52(80)68-44-46(75)22-5-8-34(28(60)12-22)88-36-14-24-15-37(51(36)91-59-50(79)49(78)48(77)38(19-70)90-59)89-35-9-6-23(13-29(35)61)47(76)45-57(85)67-43(58(86)87)27-16-25(71)17-33(73)40(27)26-11-21(4-7-32(26)72)41(54(82)69-45)66-55(83)42(24)65-53(81)31(18-39(62)74)64-56(44)84/h4-9,11-17,20,30-31,38,41-50,59,63,70-73,75-79H,10,18-19H2,1-3H3,(H2,62,74)(H,64,84)(H,65,81)(H,66,83)(H,67,85)(H,68,80)(H,69,82)(H,86,87)/t30-,31+,38-,41-,42-,43+,44-,45+,46-,47-,48-,49+,50-,59+/m1/s1. The van der Waals surface area contributed by atoms with Crippen molar-refractivity contribution < 1.29 is 108 Å². The van der Waals surface area contributed by atoms with E-state index >= 15 is 14.4 Å². The molecule has 0 spiro atoms. The molecule has 14 atom stereocenters. The van der Waals surface area contributed by atoms with Crippen molar-refractivity contribution in [1.82, 2.24) is 37.2 Å². The zero-order chi connectivity index (χ0) is 66.2. The fourth-order valence-corrected chi connectivity index (χ4v) is 11.2. The van der Waals surface area contributed by atoms with Crippen molar-refractivity contribution in [3.05, 3.63) is 117 Å². The molecule has 19 N–H and O–H groups in total. The van der Waals surface area contributed by atoms with Gasteiger partial charge in [0, 0.05) is 22.8 Å². The van der Waals surface area contributed by atoms with Crippen LogP contribution in [0.25, 0.3) is 11.1 Å². The largest absolute Gasteiger partial charge is 0.508 e. The van der Waals surface area contributed by atoms with E-state index in [1.807, 2.05) is 13.8 Å². The Kier molecular flexibility index (Phi) is 19.8. The van der Waals surface area contributed by atoms with Crippen LogP contribution in [0.15, 0.2) is 78.9 Å². The van der Waals surface area contributed by atoms with Crippen LogP contribution in [0.3, 0.4) is 0 Å². The van der Waals surface area contributed by atoms with Crippen LogP contribution in [0.2, 0.25) is 10.0 Å². The number of primary amides is 1. The second-order valence-electron chi connectivity index (χ2n) is 22.2. The number of benzene rings is 5. The molecule has 7 amide bonds. The summed E-state index contributed by atoms with van der Waals surface area (Å²) in [7, 11) is 1.47. The molecule has 32 heteroatoms. The Morgan fingerprint density at radius 3 is 1.84 bits per heavy atom. The summed E-state index contributed by atoms with van der Waals surface area (Å²) in [4.78, 5) is 115. The molecule has 1 saturated heterocycles. The monoisotopic (exact) mass is 1300 g/mol. The third-order valence-corrected chi connectivity index (χ3v) is 16.0. The van der Waals surface area contributed by atoms with Crippen molar-refractivity contribution >= 4 is 70.5 Å². The number of halogens is 2. The van der Waals surface area contributed by atoms with E-state index in [4.69, 9.17) is 47.9 Å². The van der Waals surface area contributed by atoms with Gasteiger partial charge >= 0.3 is 5.97 Å². The summed E-state index contributed by atoms with van der Waals surface area (Å²) in [6, 6.07) is -0.613. The lowest BCUT2D eigenvalue weighted by Crippen LogP contribution is -2.60. The number of ether oxygens (including phenoxy) is 4. The Bertz CT molecular complexity index is 3730. The van der Waals surface area contributed by atoms with E-state index in [1.54, 1.807) is 0 Å². The van der Waals surface area contributed by atoms with E-state index in [1.165, 1.54) is 19.2 Å². The fourth-order valence-electron chi connectivity index (χ4n) is 10.7. The number of phenols is 3. The predicted octanol–water partition coefficient (Wildman–Crippen LogP) is -0.131. The topological polar surface area (TPSA) is 486 Å². The van der Waals surface area contributed by atoms with E-state index in [0.717, 1.165) is 66.7 Å². The van der Waals surface area contributed by atoms with Gasteiger partial charge in [-0.05, 0) is 96.2 Å². The number of carboxylic acids is 1. The van der Waals surface area contributed by atoms with E-state index in [9.17, 15) is 75.0 Å². The second-order valence-corrected chi connectivity index (χ2v) is 23.0. The summed E-state index contributed by atoms with van der Waals surface area (Å²) in [6.45, 7) is 2.69. The van der Waals surface area contributed by atoms with Crippen molar-refractivity contribution in [1.29, 1.82) is 0 Å². The van der Waals surface area contributed by atoms with Gasteiger partial charge in [-0.3, -0.25) is 33.6 Å². The average molecular weight is 1310 g/mol. The maximum Gasteiger partial charge on any atom is 0.330 e. The minimum atomic E-state index is -2.31. The Balaban J connectivity index is 1.32. The van der Waals surface area contributed by atoms with Crippen LogP contribution in [0.5, 0.6) is 46.0 Å². The number of nitrogens with two attached hydrogens (primary N) is 1. The van der Waals surface area contributed by atoms with Gasteiger partial charge in [0.1, 0.15) is 95.6 Å². The van der Waals surface area contributed by atoms with Crippen molar-refractivity contribution in [3.63, 3.8) is 0 Å². The predicted molar refractivity (Wildman–Crippen MR) is 313 cm³/mol. The Labute approximate surface area is 525 Å². The van der Waals surface area contributed by atoms with Crippen LogP contribution >= 0.6 is 23.2 Å². The number of aliphatic carboxylic acids is 1. The van der Waals surface area contributed by atoms with Gasteiger partial charge in [-0.25, -0.2) is 4.79 Å². The number of nitrogens with one attached hydrogen (secondary N) is 7. The van der Waals surface area contributed by atoms with E-state index in [0.29, 0.717) is 0 Å². The van der Waals surface area contributed by atoms with Crippen LogP contribution in [0, 0.1) is 5.92 Å². The Morgan fingerprint density at radius 1 is 0.659 bits per heavy atom. The van der Waals surface area contributed by atoms with Crippen molar-refractivity contribution in [2.75, 3.05) is 13.7 Å². The number of carbonyl (C=O) groups is 8. The lowest BCUT2D eigenvalue weighted by molar-refractivity contribution is -0.277. The first kappa shape index (κ1) is 66.3. The highest BCUT2D eigenvalue weighted by atomic mass is 35.5. The third-order valence-electron chi connectivity index (χ3n) is 15.4. The number of amides is 7. The highest BCUT2D eigenvalue weighted by Gasteiger charge is 2.47. The molecule has 91 heavy (non-hydrogen) atoms. The van der Waals surface area contributed by atoms with Crippen LogP contribution in [0.4, 0.5) is 0 Å². The number of aliphatic hydroxyl groups is 6. The maximum atomic E-state index is 15.8. The average Bonchev–Trinajstić information content (AvgIpc) is 0.790. The number of aromatic hydroxyl groups is 3. The number of carbonyl (C=O) groups excluding carboxylic acids is 7. The van der Waals surface area contributed by atoms with Crippen LogP contribution < -0.4 is 57.2 Å². The zero-order valence-corrected chi connectivity index (χ0v) is 49.5. The molecule has 0 unspecified atom stereocenters. The summed E-state index contributed by atoms with van der Waals surface area (Å²) in [6.07, 6.45) is -14.9. The van der Waals surface area contributed by atoms with Gasteiger partial charge in [0.05, 0.1) is 29.1 Å². The summed E-state index contributed by atoms with van der Waals surface area (Å²) in [5, 5.41) is 128. The molecule has 5 aromatic rings. The zero-order valence-electron chi connectivity index (χ0n) is 48.0. The van der Waals surface area contributed by atoms with Crippen molar-refractivity contribution in [2.45, 2.75) is 112 Å². The summed E-state index contributed by atoms with van der Waals surface area (Å²) >= 11 is 13.8. The first-order valence-electron chi connectivity index (χ1n) is 27.9. The molecule has 6 heterocycles. The second kappa shape index (κ2) is 27.2. The number of carboxylic acid groups (broad SMARTS) is 1. The van der Waals surface area contributed by atoms with E-state index in [-0.39, 0.29) is 45.6 Å². The summed E-state index contributed by atoms with van der Waals surface area (Å²) in [5.41, 5.74) is 2.90. The molecule has 1 fully saturated rings. The Hall–Kier alpha value is -9.08. The SMILES string of the molecule is CN[C@H](CC(C)C)C(=O)N[C@H]1C(=O)N[C@@H](CC(N)=O)C(=O)N[C@H]2C(=O)N[C@H]3C(=O)N[C@H](C(=O)N[C@H](C(=O)O)c4cc(O)cc(O)c4-c4cc3ccc4O)[C@H](O)c3ccc(c(Cl)c3)Oc3cc2cc(c3O[C@@H]2O[C@H](CO)[C@@H](O)[C@H](O)[C@H]2O)Oc2ccc(cc2Cl)[C@H]1O. The Morgan fingerprint density at radius 2 is 1.25 bits per heavy atom. The third kappa shape index (κ3) is 14.0. The smallest absolute Gasteiger partial charge is 0.330 e. The first-order valence-corrected chi connectivity index (χ1v) is 28.7. The van der Waals surface area contributed by atoms with Gasteiger partial charge in [-0.2, -0.15) is 0 Å². The van der Waals surface area contributed by atoms with Crippen molar-refractivity contribution in [3.8, 4) is 57.1 Å². The molecule has 11 rings (SSSR count). The van der Waals surface area contributed by atoms with Gasteiger partial charge < -0.3 is 113 Å². The molecular formula is C59H62Cl2N8O22. The normalized spacial score (nSPS) is 26.2. The van der Waals surface area contributed by atoms with Gasteiger partial charge in [0.25, 0.3) is 0 Å². The number of hydrogen-bond acceptors (Lipinski definition) is 22. The molecule has 6 aliphatic rings. The van der Waals surface area contributed by atoms with Gasteiger partial charge in [0.15, 0.2) is 17.5 Å². The highest BCUT2D eigenvalue weighted by Crippen LogP contribution is 2.49. The first-order chi connectivity index (χ1) is 43.1. The number of phenolic OH excluding ortho intramolecular Hbond substituents is 3. The van der Waals surface area contributed by atoms with E-state index in [2.05, 4.69) is 37.2 Å². The lowest BCUT2D eigenvalue weighted by atomic mass is 9.89. The quantitative estimate of drug-likeness (QED) is 0.0819. The minimum absolute atomic E-state index is 0.0825. The minimum Gasteiger partial charge on any atom is -0.508 e. The number of hydrogen-bond donors (Lipinski definition) is 18. The lowest BCUT2D eigenvalue weighted by Gasteiger charge is -2.39. The molecule has 30 nitrogen and oxygen atoms in total. The van der Waals surface area contributed by atoms with E-state index < -0.39 is 207 Å². The summed E-state index contributed by atoms with van der Waals surface area (Å²) < 4.78 is 24.8. The maximum absolute atomic E-state index is 15.8. The number of fused-ring (bicyclic) bond motifs is 15. The van der Waals surface area contributed by atoms with Gasteiger partial charge in [-0.1, -0.05) is 55.2 Å². The number of rotatable bonds is 11. The molecule has 6 aliphatic heterocycles. The van der Waals surface area contributed by atoms with Crippen molar-refractivity contribution in [2.24, 2.45) is 11.7 Å². The molecular weight excluding hydrogens is 1240 g/mol. The molecule has 484 valence electrons. The number of aliphatic hydroxyl groups excluding tert-OH is 6. The molecule has 0 aliphatic carbocycles.